The molecule has 1 fully saturated rings. The predicted molar refractivity (Wildman–Crippen MR) is 155 cm³/mol. The molecule has 0 radical (unpaired) electrons. The molecular weight excluding hydrogens is 496 g/mol. The Balaban J connectivity index is 1.40. The Morgan fingerprint density at radius 1 is 1.21 bits per heavy atom. The number of pyridine rings is 1. The molecule has 0 spiro atoms. The maximum Gasteiger partial charge on any atom is 0.311 e. The molecule has 2 aromatic heterocycles. The lowest BCUT2D eigenvalue weighted by Gasteiger charge is -2.20. The number of hydrogen-bond donors (Lipinski definition) is 3. The fourth-order valence-electron chi connectivity index (χ4n) is 4.86. The third kappa shape index (κ3) is 7.33. The number of nitrogens with one attached hydrogen (secondary N) is 2. The maximum atomic E-state index is 13.0. The molecule has 1 atom stereocenters. The Morgan fingerprint density at radius 3 is 2.62 bits per heavy atom. The van der Waals surface area contributed by atoms with Gasteiger partial charge < -0.3 is 25.8 Å². The van der Waals surface area contributed by atoms with E-state index < -0.39 is 4.92 Å². The van der Waals surface area contributed by atoms with Gasteiger partial charge in [0.05, 0.1) is 17.2 Å². The molecule has 11 heteroatoms. The van der Waals surface area contributed by atoms with E-state index in [0.29, 0.717) is 31.5 Å². The zero-order chi connectivity index (χ0) is 27.9. The summed E-state index contributed by atoms with van der Waals surface area (Å²) in [6, 6.07) is 11.8. The highest BCUT2D eigenvalue weighted by atomic mass is 16.6. The Kier molecular flexibility index (Phi) is 9.15. The van der Waals surface area contributed by atoms with Crippen LogP contribution in [0.3, 0.4) is 0 Å². The maximum absolute atomic E-state index is 13.0. The molecule has 1 aliphatic heterocycles. The van der Waals surface area contributed by atoms with E-state index in [4.69, 9.17) is 5.73 Å². The predicted octanol–water partition coefficient (Wildman–Crippen LogP) is 3.68. The summed E-state index contributed by atoms with van der Waals surface area (Å²) in [7, 11) is 4.17. The summed E-state index contributed by atoms with van der Waals surface area (Å²) < 4.78 is 2.08. The van der Waals surface area contributed by atoms with Gasteiger partial charge in [0.15, 0.2) is 0 Å². The fraction of sp³-hybridized carbons (Fsp3) is 0.429. The summed E-state index contributed by atoms with van der Waals surface area (Å²) in [6.45, 7) is 5.64. The SMILES string of the molecule is CCc1ccc(-c2cn(CCCNc3ccc([N+](=O)[O-])c(N)n3)cc2NC(=O)CN2CCC(N(C)C)C2)cc1. The second kappa shape index (κ2) is 12.7. The average molecular weight is 535 g/mol. The summed E-state index contributed by atoms with van der Waals surface area (Å²) in [5, 5.41) is 17.3. The molecule has 0 aliphatic carbocycles. The van der Waals surface area contributed by atoms with E-state index in [-0.39, 0.29) is 17.4 Å². The van der Waals surface area contributed by atoms with Crippen LogP contribution in [-0.4, -0.2) is 76.5 Å². The smallest absolute Gasteiger partial charge is 0.311 e. The van der Waals surface area contributed by atoms with Gasteiger partial charge in [0.25, 0.3) is 0 Å². The van der Waals surface area contributed by atoms with E-state index in [2.05, 4.69) is 81.5 Å². The van der Waals surface area contributed by atoms with Crippen LogP contribution in [0.4, 0.5) is 23.0 Å². The van der Waals surface area contributed by atoms with Crippen molar-refractivity contribution in [3.63, 3.8) is 0 Å². The minimum Gasteiger partial charge on any atom is -0.378 e. The van der Waals surface area contributed by atoms with Crippen molar-refractivity contribution < 1.29 is 9.72 Å². The monoisotopic (exact) mass is 534 g/mol. The second-order valence-corrected chi connectivity index (χ2v) is 10.2. The third-order valence-electron chi connectivity index (χ3n) is 7.17. The molecule has 39 heavy (non-hydrogen) atoms. The number of carbonyl (C=O) groups excluding carboxylic acids is 1. The van der Waals surface area contributed by atoms with Gasteiger partial charge in [-0.1, -0.05) is 31.2 Å². The van der Waals surface area contributed by atoms with Crippen molar-refractivity contribution in [1.29, 1.82) is 0 Å². The molecule has 1 aliphatic rings. The van der Waals surface area contributed by atoms with Gasteiger partial charge in [-0.15, -0.1) is 0 Å². The number of benzene rings is 1. The van der Waals surface area contributed by atoms with E-state index >= 15 is 0 Å². The van der Waals surface area contributed by atoms with Gasteiger partial charge in [0.1, 0.15) is 5.82 Å². The Labute approximate surface area is 229 Å². The molecule has 4 N–H and O–H groups in total. The summed E-state index contributed by atoms with van der Waals surface area (Å²) >= 11 is 0. The minimum atomic E-state index is -0.548. The Bertz CT molecular complexity index is 1290. The molecule has 4 rings (SSSR count). The normalized spacial score (nSPS) is 15.5. The summed E-state index contributed by atoms with van der Waals surface area (Å²) in [4.78, 5) is 31.9. The highest BCUT2D eigenvalue weighted by molar-refractivity contribution is 5.96. The molecule has 0 saturated carbocycles. The van der Waals surface area contributed by atoms with Crippen LogP contribution in [0.15, 0.2) is 48.8 Å². The van der Waals surface area contributed by atoms with Crippen LogP contribution in [0.2, 0.25) is 0 Å². The number of nitrogens with zero attached hydrogens (tertiary/aromatic N) is 5. The standard InChI is InChI=1S/C28H38N8O3/c1-4-20-6-8-21(9-7-20)23-17-34(14-5-13-30-26-11-10-25(36(38)39)28(29)32-26)18-24(23)31-27(37)19-35-15-12-22(16-35)33(2)3/h6-11,17-18,22H,4-5,12-16,19H2,1-3H3,(H,31,37)(H3,29,30,32). The lowest BCUT2D eigenvalue weighted by Crippen LogP contribution is -2.35. The number of anilines is 3. The molecule has 3 aromatic rings. The first-order valence-corrected chi connectivity index (χ1v) is 13.4. The number of likely N-dealkylation sites (tertiary alicyclic amines) is 1. The second-order valence-electron chi connectivity index (χ2n) is 10.2. The molecule has 0 bridgehead atoms. The number of nitrogen functional groups attached to an aromatic ring is 1. The van der Waals surface area contributed by atoms with E-state index in [1.807, 2.05) is 6.20 Å². The van der Waals surface area contributed by atoms with Gasteiger partial charge >= 0.3 is 5.69 Å². The molecule has 1 aromatic carbocycles. The van der Waals surface area contributed by atoms with Crippen LogP contribution in [0, 0.1) is 10.1 Å². The van der Waals surface area contributed by atoms with Crippen LogP contribution in [0.25, 0.3) is 11.1 Å². The molecule has 11 nitrogen and oxygen atoms in total. The molecule has 1 unspecified atom stereocenters. The Hall–Kier alpha value is -3.96. The number of hydrogen-bond acceptors (Lipinski definition) is 8. The van der Waals surface area contributed by atoms with Crippen molar-refractivity contribution in [3.05, 3.63) is 64.5 Å². The van der Waals surface area contributed by atoms with E-state index in [9.17, 15) is 14.9 Å². The largest absolute Gasteiger partial charge is 0.378 e. The number of aryl methyl sites for hydroxylation is 2. The summed E-state index contributed by atoms with van der Waals surface area (Å²) in [5.41, 5.74) is 9.58. The van der Waals surface area contributed by atoms with Gasteiger partial charge in [-0.05, 0) is 50.6 Å². The fourth-order valence-corrected chi connectivity index (χ4v) is 4.86. The summed E-state index contributed by atoms with van der Waals surface area (Å²) in [6.07, 6.45) is 6.86. The zero-order valence-corrected chi connectivity index (χ0v) is 22.9. The number of rotatable bonds is 12. The average Bonchev–Trinajstić information content (AvgIpc) is 3.53. The van der Waals surface area contributed by atoms with E-state index in [0.717, 1.165) is 49.2 Å². The van der Waals surface area contributed by atoms with Gasteiger partial charge in [-0.2, -0.15) is 0 Å². The molecule has 208 valence electrons. The quantitative estimate of drug-likeness (QED) is 0.182. The lowest BCUT2D eigenvalue weighted by atomic mass is 10.0. The third-order valence-corrected chi connectivity index (χ3v) is 7.17. The van der Waals surface area contributed by atoms with Gasteiger partial charge in [-0.3, -0.25) is 19.8 Å². The van der Waals surface area contributed by atoms with Crippen molar-refractivity contribution in [1.82, 2.24) is 19.4 Å². The summed E-state index contributed by atoms with van der Waals surface area (Å²) in [5.74, 6) is 0.372. The number of nitro groups is 1. The van der Waals surface area contributed by atoms with Gasteiger partial charge in [0.2, 0.25) is 11.7 Å². The van der Waals surface area contributed by atoms with Gasteiger partial charge in [0, 0.05) is 56.2 Å². The molecule has 1 amide bonds. The van der Waals surface area contributed by atoms with Gasteiger partial charge in [-0.25, -0.2) is 4.98 Å². The van der Waals surface area contributed by atoms with E-state index in [1.54, 1.807) is 6.07 Å². The van der Waals surface area contributed by atoms with Crippen LogP contribution in [0.5, 0.6) is 0 Å². The number of nitrogens with two attached hydrogens (primary N) is 1. The van der Waals surface area contributed by atoms with Crippen molar-refractivity contribution in [2.24, 2.45) is 0 Å². The highest BCUT2D eigenvalue weighted by Crippen LogP contribution is 2.30. The number of amides is 1. The molecule has 3 heterocycles. The Morgan fingerprint density at radius 2 is 1.97 bits per heavy atom. The number of carbonyl (C=O) groups is 1. The first-order chi connectivity index (χ1) is 18.7. The zero-order valence-electron chi connectivity index (χ0n) is 22.9. The van der Waals surface area contributed by atoms with Crippen molar-refractivity contribution in [3.8, 4) is 11.1 Å². The van der Waals surface area contributed by atoms with Crippen LogP contribution in [-0.2, 0) is 17.8 Å². The lowest BCUT2D eigenvalue weighted by molar-refractivity contribution is -0.384. The minimum absolute atomic E-state index is 0.0120. The van der Waals surface area contributed by atoms with Crippen molar-refractivity contribution in [2.75, 3.05) is 56.6 Å². The first kappa shape index (κ1) is 28.1. The molecule has 1 saturated heterocycles. The first-order valence-electron chi connectivity index (χ1n) is 13.4. The number of likely N-dealkylation sites (N-methyl/N-ethyl adjacent to an activating group) is 1. The molecular formula is C28H38N8O3. The topological polar surface area (TPSA) is 135 Å². The van der Waals surface area contributed by atoms with Crippen molar-refractivity contribution in [2.45, 2.75) is 38.8 Å². The highest BCUT2D eigenvalue weighted by Gasteiger charge is 2.25. The van der Waals surface area contributed by atoms with Crippen LogP contribution >= 0.6 is 0 Å². The van der Waals surface area contributed by atoms with E-state index in [1.165, 1.54) is 11.6 Å². The van der Waals surface area contributed by atoms with Crippen LogP contribution < -0.4 is 16.4 Å². The number of aromatic nitrogens is 2. The van der Waals surface area contributed by atoms with Crippen molar-refractivity contribution >= 4 is 28.9 Å². The van der Waals surface area contributed by atoms with Crippen LogP contribution in [0.1, 0.15) is 25.3 Å².